The van der Waals surface area contributed by atoms with Crippen molar-refractivity contribution >= 4 is 29.7 Å². The van der Waals surface area contributed by atoms with Crippen molar-refractivity contribution in [2.24, 2.45) is 5.92 Å². The highest BCUT2D eigenvalue weighted by Gasteiger charge is 2.31. The summed E-state index contributed by atoms with van der Waals surface area (Å²) in [7, 11) is 1.99. The summed E-state index contributed by atoms with van der Waals surface area (Å²) in [5.41, 5.74) is 3.07. The van der Waals surface area contributed by atoms with Gasteiger partial charge in [0.25, 0.3) is 5.91 Å². The predicted octanol–water partition coefficient (Wildman–Crippen LogP) is 3.59. The van der Waals surface area contributed by atoms with E-state index in [0.29, 0.717) is 12.5 Å². The van der Waals surface area contributed by atoms with E-state index in [-0.39, 0.29) is 5.91 Å². The van der Waals surface area contributed by atoms with Crippen LogP contribution in [0.15, 0.2) is 52.1 Å². The van der Waals surface area contributed by atoms with Crippen molar-refractivity contribution in [3.63, 3.8) is 0 Å². The molecule has 2 nitrogen and oxygen atoms in total. The van der Waals surface area contributed by atoms with Crippen LogP contribution in [-0.2, 0) is 11.3 Å². The molecular weight excluding hydrogens is 325 g/mol. The normalized spacial score (nSPS) is 18.7. The smallest absolute Gasteiger partial charge is 0.254 e. The topological polar surface area (TPSA) is 20.3 Å². The van der Waals surface area contributed by atoms with Gasteiger partial charge in [0.15, 0.2) is 7.85 Å². The monoisotopic (exact) mass is 345 g/mol. The summed E-state index contributed by atoms with van der Waals surface area (Å²) in [4.78, 5) is 14.6. The summed E-state index contributed by atoms with van der Waals surface area (Å²) in [6, 6.07) is 10.1. The zero-order valence-corrected chi connectivity index (χ0v) is 14.5. The first-order chi connectivity index (χ1) is 10.0. The Hall–Kier alpha value is -1.29. The van der Waals surface area contributed by atoms with Gasteiger partial charge in [-0.2, -0.15) is 0 Å². The maximum atomic E-state index is 12.7. The van der Waals surface area contributed by atoms with Crippen molar-refractivity contribution in [3.8, 4) is 0 Å². The molecule has 1 atom stereocenters. The largest absolute Gasteiger partial charge is 0.304 e. The van der Waals surface area contributed by atoms with Crippen molar-refractivity contribution in [3.05, 3.63) is 57.6 Å². The first-order valence-corrected chi connectivity index (χ1v) is 8.27. The van der Waals surface area contributed by atoms with Crippen LogP contribution in [0, 0.1) is 5.92 Å². The van der Waals surface area contributed by atoms with Crippen LogP contribution >= 0.6 is 15.9 Å². The maximum absolute atomic E-state index is 12.7. The second kappa shape index (κ2) is 7.12. The first kappa shape index (κ1) is 16.1. The molecule has 110 valence electrons. The third-order valence-electron chi connectivity index (χ3n) is 3.86. The molecule has 1 aliphatic rings. The number of hydrogen-bond acceptors (Lipinski definition) is 1. The lowest BCUT2D eigenvalue weighted by Gasteiger charge is -2.21. The molecular formula is C17H21BBrNO. The lowest BCUT2D eigenvalue weighted by atomic mass is 9.96. The lowest BCUT2D eigenvalue weighted by Crippen LogP contribution is -2.27. The van der Waals surface area contributed by atoms with E-state index in [9.17, 15) is 4.79 Å². The molecule has 1 amide bonds. The highest BCUT2D eigenvalue weighted by atomic mass is 79.9. The summed E-state index contributed by atoms with van der Waals surface area (Å²) >= 11 is 3.54. The van der Waals surface area contributed by atoms with Crippen molar-refractivity contribution < 1.29 is 4.79 Å². The van der Waals surface area contributed by atoms with Crippen LogP contribution in [-0.4, -0.2) is 18.7 Å². The second-order valence-electron chi connectivity index (χ2n) is 5.59. The highest BCUT2D eigenvalue weighted by Crippen LogP contribution is 2.32. The van der Waals surface area contributed by atoms with Crippen molar-refractivity contribution in [1.82, 2.24) is 4.90 Å². The number of rotatable bonds is 5. The molecule has 1 aromatic rings. The number of carbonyl (C=O) groups excluding carboxylic acids is 1. The lowest BCUT2D eigenvalue weighted by molar-refractivity contribution is -0.125. The second-order valence-corrected chi connectivity index (χ2v) is 6.77. The number of allylic oxidation sites excluding steroid dienone is 1. The van der Waals surface area contributed by atoms with Gasteiger partial charge in [0, 0.05) is 11.3 Å². The Morgan fingerprint density at radius 2 is 2.00 bits per heavy atom. The van der Waals surface area contributed by atoms with Gasteiger partial charge in [-0.1, -0.05) is 66.5 Å². The number of carbonyl (C=O) groups is 1. The van der Waals surface area contributed by atoms with Gasteiger partial charge in [-0.15, -0.1) is 0 Å². The van der Waals surface area contributed by atoms with Crippen molar-refractivity contribution in [2.75, 3.05) is 0 Å². The molecule has 4 heteroatoms. The summed E-state index contributed by atoms with van der Waals surface area (Å²) in [5.74, 6) is 0.457. The van der Waals surface area contributed by atoms with E-state index in [1.807, 2.05) is 30.9 Å². The molecule has 1 aromatic carbocycles. The zero-order valence-electron chi connectivity index (χ0n) is 12.9. The molecule has 0 aliphatic carbocycles. The van der Waals surface area contributed by atoms with Gasteiger partial charge in [0.05, 0.1) is 6.54 Å². The third kappa shape index (κ3) is 3.68. The van der Waals surface area contributed by atoms with Crippen LogP contribution < -0.4 is 0 Å². The van der Waals surface area contributed by atoms with Gasteiger partial charge in [0.1, 0.15) is 0 Å². The summed E-state index contributed by atoms with van der Waals surface area (Å²) in [6.45, 7) is 4.92. The van der Waals surface area contributed by atoms with Crippen LogP contribution in [0.3, 0.4) is 0 Å². The minimum absolute atomic E-state index is 0.147. The van der Waals surface area contributed by atoms with E-state index >= 15 is 0 Å². The number of hydrogen-bond donors (Lipinski definition) is 0. The van der Waals surface area contributed by atoms with E-state index in [1.165, 1.54) is 0 Å². The Balaban J connectivity index is 2.27. The quantitative estimate of drug-likeness (QED) is 0.747. The Labute approximate surface area is 136 Å². The molecule has 21 heavy (non-hydrogen) atoms. The molecule has 0 spiro atoms. The molecule has 1 aliphatic heterocycles. The average molecular weight is 346 g/mol. The van der Waals surface area contributed by atoms with Gasteiger partial charge >= 0.3 is 0 Å². The van der Waals surface area contributed by atoms with E-state index < -0.39 is 0 Å². The van der Waals surface area contributed by atoms with Gasteiger partial charge in [-0.3, -0.25) is 4.79 Å². The van der Waals surface area contributed by atoms with Crippen molar-refractivity contribution in [1.29, 1.82) is 0 Å². The fourth-order valence-electron chi connectivity index (χ4n) is 2.70. The van der Waals surface area contributed by atoms with Crippen LogP contribution in [0.5, 0.6) is 0 Å². The van der Waals surface area contributed by atoms with Gasteiger partial charge < -0.3 is 4.90 Å². The molecule has 0 saturated carbocycles. The van der Waals surface area contributed by atoms with E-state index in [4.69, 9.17) is 0 Å². The molecule has 0 saturated heterocycles. The molecule has 1 unspecified atom stereocenters. The van der Waals surface area contributed by atoms with Gasteiger partial charge in [-0.05, 0) is 28.4 Å². The zero-order chi connectivity index (χ0) is 15.4. The average Bonchev–Trinajstić information content (AvgIpc) is 2.78. The maximum Gasteiger partial charge on any atom is 0.254 e. The summed E-state index contributed by atoms with van der Waals surface area (Å²) < 4.78 is 1.01. The number of benzene rings is 1. The van der Waals surface area contributed by atoms with E-state index in [0.717, 1.165) is 34.1 Å². The minimum Gasteiger partial charge on any atom is -0.304 e. The standard InChI is InChI=1S/C17H21BBrNO/c1-3-7-12(2)14-10-15(16(18)19)20(17(14)21)11-13-8-5-4-6-9-13/h4-6,8-10,12H,3,7,11,18H2,1-2H3/b16-15+. The molecule has 2 rings (SSSR count). The Kier molecular flexibility index (Phi) is 5.46. The fraction of sp³-hybridized carbons (Fsp3) is 0.353. The predicted molar refractivity (Wildman–Crippen MR) is 93.6 cm³/mol. The van der Waals surface area contributed by atoms with Crippen LogP contribution in [0.25, 0.3) is 0 Å². The summed E-state index contributed by atoms with van der Waals surface area (Å²) in [5, 5.41) is 0. The highest BCUT2D eigenvalue weighted by molar-refractivity contribution is 9.12. The van der Waals surface area contributed by atoms with E-state index in [1.54, 1.807) is 0 Å². The van der Waals surface area contributed by atoms with Crippen LogP contribution in [0.4, 0.5) is 0 Å². The molecule has 0 bridgehead atoms. The van der Waals surface area contributed by atoms with Crippen molar-refractivity contribution in [2.45, 2.75) is 33.2 Å². The molecule has 0 fully saturated rings. The van der Waals surface area contributed by atoms with E-state index in [2.05, 4.69) is 48.0 Å². The SMILES string of the molecule is B/C(Br)=C1/C=C(C(C)CCC)C(=O)N1Cc1ccccc1. The van der Waals surface area contributed by atoms with Crippen LogP contribution in [0.1, 0.15) is 32.3 Å². The molecule has 0 aromatic heterocycles. The Morgan fingerprint density at radius 3 is 2.57 bits per heavy atom. The van der Waals surface area contributed by atoms with Crippen LogP contribution in [0.2, 0.25) is 0 Å². The molecule has 1 heterocycles. The summed E-state index contributed by atoms with van der Waals surface area (Å²) in [6.07, 6.45) is 4.19. The fourth-order valence-corrected chi connectivity index (χ4v) is 3.03. The number of nitrogens with zero attached hydrogens (tertiary/aromatic N) is 1. The first-order valence-electron chi connectivity index (χ1n) is 7.48. The molecule has 0 N–H and O–H groups in total. The third-order valence-corrected chi connectivity index (χ3v) is 4.27. The Morgan fingerprint density at radius 1 is 1.33 bits per heavy atom. The Bertz CT molecular complexity index is 576. The van der Waals surface area contributed by atoms with Gasteiger partial charge in [-0.25, -0.2) is 0 Å². The molecule has 0 radical (unpaired) electrons. The number of halogens is 1. The minimum atomic E-state index is 0.147. The van der Waals surface area contributed by atoms with Gasteiger partial charge in [0.2, 0.25) is 0 Å². The number of amides is 1.